The summed E-state index contributed by atoms with van der Waals surface area (Å²) < 4.78 is 4.99. The fourth-order valence-corrected chi connectivity index (χ4v) is 2.14. The van der Waals surface area contributed by atoms with Gasteiger partial charge in [0.25, 0.3) is 5.91 Å². The lowest BCUT2D eigenvalue weighted by Crippen LogP contribution is -2.45. The molecule has 2 rings (SSSR count). The predicted molar refractivity (Wildman–Crippen MR) is 83.6 cm³/mol. The first kappa shape index (κ1) is 16.1. The summed E-state index contributed by atoms with van der Waals surface area (Å²) in [6.07, 6.45) is 1.41. The number of hydrogen-bond acceptors (Lipinski definition) is 3. The van der Waals surface area contributed by atoms with Gasteiger partial charge >= 0.3 is 0 Å². The molecule has 1 N–H and O–H groups in total. The minimum atomic E-state index is -0.644. The summed E-state index contributed by atoms with van der Waals surface area (Å²) in [5, 5.41) is 3.26. The second-order valence-electron chi connectivity index (χ2n) is 4.99. The van der Waals surface area contributed by atoms with Crippen molar-refractivity contribution in [1.29, 1.82) is 0 Å². The van der Waals surface area contributed by atoms with Crippen molar-refractivity contribution in [1.82, 2.24) is 10.2 Å². The van der Waals surface area contributed by atoms with Gasteiger partial charge < -0.3 is 14.6 Å². The first-order valence-electron chi connectivity index (χ1n) is 6.81. The minimum absolute atomic E-state index is 0.181. The van der Waals surface area contributed by atoms with Crippen LogP contribution < -0.4 is 5.32 Å². The van der Waals surface area contributed by atoms with Crippen molar-refractivity contribution in [3.63, 3.8) is 0 Å². The van der Waals surface area contributed by atoms with Crippen LogP contribution in [0.15, 0.2) is 47.1 Å². The van der Waals surface area contributed by atoms with E-state index in [-0.39, 0.29) is 11.7 Å². The highest BCUT2D eigenvalue weighted by molar-refractivity contribution is 6.30. The molecule has 5 nitrogen and oxygen atoms in total. The van der Waals surface area contributed by atoms with E-state index < -0.39 is 11.9 Å². The number of likely N-dealkylation sites (N-methyl/N-ethyl adjacent to an activating group) is 1. The maximum Gasteiger partial charge on any atom is 0.287 e. The number of carbonyl (C=O) groups excluding carboxylic acids is 2. The SMILES string of the molecule is CC(NC(=O)c1ccco1)C(=O)N(C)Cc1ccc(Cl)cc1. The van der Waals surface area contributed by atoms with E-state index >= 15 is 0 Å². The standard InChI is InChI=1S/C16H17ClN2O3/c1-11(18-15(20)14-4-3-9-22-14)16(21)19(2)10-12-5-7-13(17)8-6-12/h3-9,11H,10H2,1-2H3,(H,18,20). The van der Waals surface area contributed by atoms with Crippen molar-refractivity contribution in [2.45, 2.75) is 19.5 Å². The number of carbonyl (C=O) groups is 2. The van der Waals surface area contributed by atoms with Crippen molar-refractivity contribution < 1.29 is 14.0 Å². The highest BCUT2D eigenvalue weighted by Crippen LogP contribution is 2.11. The molecule has 0 radical (unpaired) electrons. The van der Waals surface area contributed by atoms with Crippen molar-refractivity contribution in [3.05, 3.63) is 59.0 Å². The zero-order valence-electron chi connectivity index (χ0n) is 12.4. The first-order valence-corrected chi connectivity index (χ1v) is 7.19. The van der Waals surface area contributed by atoms with Gasteiger partial charge in [-0.05, 0) is 36.8 Å². The Morgan fingerprint density at radius 3 is 2.55 bits per heavy atom. The number of nitrogens with one attached hydrogen (secondary N) is 1. The normalized spacial score (nSPS) is 11.8. The molecule has 1 unspecified atom stereocenters. The van der Waals surface area contributed by atoms with Crippen LogP contribution in [-0.4, -0.2) is 29.8 Å². The van der Waals surface area contributed by atoms with E-state index in [0.29, 0.717) is 11.6 Å². The van der Waals surface area contributed by atoms with E-state index in [1.165, 1.54) is 6.26 Å². The van der Waals surface area contributed by atoms with Crippen LogP contribution in [0.5, 0.6) is 0 Å². The van der Waals surface area contributed by atoms with Crippen LogP contribution in [0, 0.1) is 0 Å². The lowest BCUT2D eigenvalue weighted by atomic mass is 10.2. The number of nitrogens with zero attached hydrogens (tertiary/aromatic N) is 1. The largest absolute Gasteiger partial charge is 0.459 e. The summed E-state index contributed by atoms with van der Waals surface area (Å²) >= 11 is 5.83. The summed E-state index contributed by atoms with van der Waals surface area (Å²) in [5.41, 5.74) is 0.963. The molecule has 2 amide bonds. The van der Waals surface area contributed by atoms with Gasteiger partial charge in [-0.3, -0.25) is 9.59 Å². The number of furan rings is 1. The highest BCUT2D eigenvalue weighted by atomic mass is 35.5. The number of benzene rings is 1. The molecule has 1 atom stereocenters. The van der Waals surface area contributed by atoms with Crippen LogP contribution in [0.4, 0.5) is 0 Å². The monoisotopic (exact) mass is 320 g/mol. The molecular formula is C16H17ClN2O3. The van der Waals surface area contributed by atoms with Crippen LogP contribution in [0.3, 0.4) is 0 Å². The van der Waals surface area contributed by atoms with Crippen LogP contribution >= 0.6 is 11.6 Å². The van der Waals surface area contributed by atoms with Crippen molar-refractivity contribution in [2.75, 3.05) is 7.05 Å². The summed E-state index contributed by atoms with van der Waals surface area (Å²) in [6.45, 7) is 2.08. The Labute approximate surface area is 133 Å². The molecule has 0 aliphatic rings. The van der Waals surface area contributed by atoms with Crippen molar-refractivity contribution in [2.24, 2.45) is 0 Å². The Bertz CT molecular complexity index is 638. The minimum Gasteiger partial charge on any atom is -0.459 e. The van der Waals surface area contributed by atoms with Crippen molar-refractivity contribution >= 4 is 23.4 Å². The fourth-order valence-electron chi connectivity index (χ4n) is 2.01. The van der Waals surface area contributed by atoms with Gasteiger partial charge in [0.05, 0.1) is 6.26 Å². The molecule has 0 saturated heterocycles. The van der Waals surface area contributed by atoms with E-state index in [4.69, 9.17) is 16.0 Å². The Morgan fingerprint density at radius 1 is 1.27 bits per heavy atom. The highest BCUT2D eigenvalue weighted by Gasteiger charge is 2.21. The van der Waals surface area contributed by atoms with Crippen LogP contribution in [0.2, 0.25) is 5.02 Å². The Kier molecular flexibility index (Phi) is 5.22. The number of rotatable bonds is 5. The second kappa shape index (κ2) is 7.13. The molecule has 0 aliphatic carbocycles. The molecule has 1 aromatic heterocycles. The van der Waals surface area contributed by atoms with E-state index in [0.717, 1.165) is 5.56 Å². The third kappa shape index (κ3) is 4.11. The molecule has 0 fully saturated rings. The third-order valence-electron chi connectivity index (χ3n) is 3.17. The topological polar surface area (TPSA) is 62.6 Å². The van der Waals surface area contributed by atoms with Gasteiger partial charge in [0.1, 0.15) is 6.04 Å². The van der Waals surface area contributed by atoms with Gasteiger partial charge in [-0.25, -0.2) is 0 Å². The number of hydrogen-bond donors (Lipinski definition) is 1. The summed E-state index contributed by atoms with van der Waals surface area (Å²) in [4.78, 5) is 25.7. The molecule has 22 heavy (non-hydrogen) atoms. The molecule has 0 aliphatic heterocycles. The Balaban J connectivity index is 1.92. The van der Waals surface area contributed by atoms with E-state index in [1.54, 1.807) is 43.1 Å². The molecule has 6 heteroatoms. The lowest BCUT2D eigenvalue weighted by Gasteiger charge is -2.22. The van der Waals surface area contributed by atoms with Gasteiger partial charge in [0, 0.05) is 18.6 Å². The fraction of sp³-hybridized carbons (Fsp3) is 0.250. The van der Waals surface area contributed by atoms with E-state index in [2.05, 4.69) is 5.32 Å². The average molecular weight is 321 g/mol. The molecule has 2 aromatic rings. The molecule has 0 bridgehead atoms. The summed E-state index contributed by atoms with van der Waals surface area (Å²) in [7, 11) is 1.69. The third-order valence-corrected chi connectivity index (χ3v) is 3.42. The van der Waals surface area contributed by atoms with Crippen LogP contribution in [0.1, 0.15) is 23.0 Å². The molecule has 116 valence electrons. The summed E-state index contributed by atoms with van der Waals surface area (Å²) in [5.74, 6) is -0.416. The maximum atomic E-state index is 12.3. The van der Waals surface area contributed by atoms with E-state index in [9.17, 15) is 9.59 Å². The van der Waals surface area contributed by atoms with Gasteiger partial charge in [-0.15, -0.1) is 0 Å². The lowest BCUT2D eigenvalue weighted by molar-refractivity contribution is -0.132. The Morgan fingerprint density at radius 2 is 1.95 bits per heavy atom. The molecule has 1 heterocycles. The van der Waals surface area contributed by atoms with Gasteiger partial charge in [-0.1, -0.05) is 23.7 Å². The first-order chi connectivity index (χ1) is 10.5. The maximum absolute atomic E-state index is 12.3. The van der Waals surface area contributed by atoms with Crippen molar-refractivity contribution in [3.8, 4) is 0 Å². The van der Waals surface area contributed by atoms with Gasteiger partial charge in [0.15, 0.2) is 5.76 Å². The van der Waals surface area contributed by atoms with Gasteiger partial charge in [0.2, 0.25) is 5.91 Å². The number of amides is 2. The van der Waals surface area contributed by atoms with E-state index in [1.807, 2.05) is 12.1 Å². The second-order valence-corrected chi connectivity index (χ2v) is 5.43. The quantitative estimate of drug-likeness (QED) is 0.921. The van der Waals surface area contributed by atoms with Crippen LogP contribution in [0.25, 0.3) is 0 Å². The zero-order valence-corrected chi connectivity index (χ0v) is 13.1. The molecule has 0 spiro atoms. The number of halogens is 1. The molecule has 1 aromatic carbocycles. The average Bonchev–Trinajstić information content (AvgIpc) is 3.03. The Hall–Kier alpha value is -2.27. The van der Waals surface area contributed by atoms with Gasteiger partial charge in [-0.2, -0.15) is 0 Å². The molecule has 0 saturated carbocycles. The zero-order chi connectivity index (χ0) is 16.1. The van der Waals surface area contributed by atoms with Crippen LogP contribution in [-0.2, 0) is 11.3 Å². The summed E-state index contributed by atoms with van der Waals surface area (Å²) in [6, 6.07) is 9.79. The smallest absolute Gasteiger partial charge is 0.287 e. The predicted octanol–water partition coefficient (Wildman–Crippen LogP) is 2.71. The molecular weight excluding hydrogens is 304 g/mol.